The lowest BCUT2D eigenvalue weighted by Crippen LogP contribution is -2.11. The summed E-state index contributed by atoms with van der Waals surface area (Å²) in [6, 6.07) is 4.79. The van der Waals surface area contributed by atoms with E-state index in [1.807, 2.05) is 7.11 Å². The maximum absolute atomic E-state index is 5.72. The first kappa shape index (κ1) is 15.6. The van der Waals surface area contributed by atoms with Gasteiger partial charge in [-0.2, -0.15) is 0 Å². The van der Waals surface area contributed by atoms with Crippen LogP contribution in [0.25, 0.3) is 0 Å². The summed E-state index contributed by atoms with van der Waals surface area (Å²) in [4.78, 5) is 0. The maximum Gasteiger partial charge on any atom is 0.136 e. The molecular weight excluding hydrogens is 296 g/mol. The maximum atomic E-state index is 5.72. The highest BCUT2D eigenvalue weighted by Crippen LogP contribution is 2.30. The molecule has 0 aliphatic carbocycles. The lowest BCUT2D eigenvalue weighted by molar-refractivity contribution is 0.411. The van der Waals surface area contributed by atoms with Gasteiger partial charge in [0.05, 0.1) is 7.11 Å². The second-order valence-corrected chi connectivity index (χ2v) is 11.0. The molecule has 3 heteroatoms. The van der Waals surface area contributed by atoms with Crippen molar-refractivity contribution in [1.82, 2.24) is 0 Å². The summed E-state index contributed by atoms with van der Waals surface area (Å²) in [5.41, 5.74) is 4.49. The molecule has 0 amide bonds. The van der Waals surface area contributed by atoms with Gasteiger partial charge in [0.1, 0.15) is 40.3 Å². The fraction of sp³-hybridized carbons (Fsp3) is 0.667. The van der Waals surface area contributed by atoms with Crippen molar-refractivity contribution in [2.75, 3.05) is 30.1 Å². The molecule has 116 valence electrons. The summed E-state index contributed by atoms with van der Waals surface area (Å²) >= 11 is 0. The van der Waals surface area contributed by atoms with E-state index < -0.39 is 0 Å². The van der Waals surface area contributed by atoms with E-state index in [1.165, 1.54) is 76.9 Å². The third-order valence-corrected chi connectivity index (χ3v) is 9.59. The summed E-state index contributed by atoms with van der Waals surface area (Å²) in [6.45, 7) is 2.30. The van der Waals surface area contributed by atoms with E-state index in [1.54, 1.807) is 0 Å². The van der Waals surface area contributed by atoms with Gasteiger partial charge in [0.15, 0.2) is 0 Å². The van der Waals surface area contributed by atoms with Crippen LogP contribution in [-0.2, 0) is 33.3 Å². The molecule has 2 aliphatic heterocycles. The Morgan fingerprint density at radius 2 is 1.38 bits per heavy atom. The van der Waals surface area contributed by atoms with Gasteiger partial charge in [-0.3, -0.25) is 0 Å². The molecule has 0 N–H and O–H groups in total. The van der Waals surface area contributed by atoms with Gasteiger partial charge in [0.25, 0.3) is 0 Å². The average Bonchev–Trinajstić information content (AvgIpc) is 3.15. The van der Waals surface area contributed by atoms with E-state index in [2.05, 4.69) is 19.1 Å². The Balaban J connectivity index is 1.76. The minimum absolute atomic E-state index is 0.613. The summed E-state index contributed by atoms with van der Waals surface area (Å²) in [5.74, 6) is 9.46. The Bertz CT molecular complexity index is 474. The normalized spacial score (nSPS) is 20.3. The number of hydrogen-bond donors (Lipinski definition) is 0. The van der Waals surface area contributed by atoms with E-state index in [4.69, 9.17) is 4.74 Å². The Kier molecular flexibility index (Phi) is 5.44. The highest BCUT2D eigenvalue weighted by Gasteiger charge is 2.28. The van der Waals surface area contributed by atoms with Crippen molar-refractivity contribution in [2.45, 2.75) is 44.1 Å². The zero-order valence-electron chi connectivity index (χ0n) is 13.5. The van der Waals surface area contributed by atoms with E-state index in [0.29, 0.717) is 21.8 Å². The van der Waals surface area contributed by atoms with Crippen LogP contribution in [0, 0.1) is 6.92 Å². The minimum Gasteiger partial charge on any atom is -0.496 e. The fourth-order valence-electron chi connectivity index (χ4n) is 3.41. The van der Waals surface area contributed by atoms with Crippen molar-refractivity contribution in [3.05, 3.63) is 28.8 Å². The molecule has 21 heavy (non-hydrogen) atoms. The first-order valence-electron chi connectivity index (χ1n) is 8.21. The molecule has 0 atom stereocenters. The van der Waals surface area contributed by atoms with Gasteiger partial charge in [-0.05, 0) is 72.1 Å². The van der Waals surface area contributed by atoms with Crippen LogP contribution >= 0.6 is 0 Å². The third-order valence-electron chi connectivity index (χ3n) is 4.69. The Labute approximate surface area is 135 Å². The molecule has 2 saturated heterocycles. The molecule has 0 aromatic heterocycles. The lowest BCUT2D eigenvalue weighted by Gasteiger charge is -2.13. The second kappa shape index (κ2) is 7.32. The van der Waals surface area contributed by atoms with Gasteiger partial charge >= 0.3 is 0 Å². The van der Waals surface area contributed by atoms with Crippen LogP contribution in [0.3, 0.4) is 0 Å². The first-order chi connectivity index (χ1) is 10.3. The van der Waals surface area contributed by atoms with Gasteiger partial charge in [-0.1, -0.05) is 0 Å². The third kappa shape index (κ3) is 3.92. The van der Waals surface area contributed by atoms with Crippen LogP contribution in [0.1, 0.15) is 42.4 Å². The molecule has 0 spiro atoms. The van der Waals surface area contributed by atoms with Gasteiger partial charge < -0.3 is 4.74 Å². The number of rotatable bonds is 5. The topological polar surface area (TPSA) is 9.23 Å². The van der Waals surface area contributed by atoms with E-state index >= 15 is 0 Å². The molecule has 2 aliphatic rings. The second-order valence-electron chi connectivity index (χ2n) is 6.33. The lowest BCUT2D eigenvalue weighted by atomic mass is 10.1. The number of ether oxygens (including phenoxy) is 1. The van der Waals surface area contributed by atoms with Crippen molar-refractivity contribution >= 4 is 21.8 Å². The molecule has 3 rings (SSSR count). The van der Waals surface area contributed by atoms with Gasteiger partial charge in [-0.15, -0.1) is 0 Å². The zero-order chi connectivity index (χ0) is 14.7. The summed E-state index contributed by atoms with van der Waals surface area (Å²) in [5, 5.41) is 0. The molecule has 1 aromatic rings. The van der Waals surface area contributed by atoms with Gasteiger partial charge in [0.2, 0.25) is 0 Å². The Hall–Kier alpha value is -0.280. The van der Waals surface area contributed by atoms with Crippen molar-refractivity contribution in [1.29, 1.82) is 0 Å². The predicted octanol–water partition coefficient (Wildman–Crippen LogP) is 3.83. The van der Waals surface area contributed by atoms with E-state index in [-0.39, 0.29) is 0 Å². The molecule has 0 unspecified atom stereocenters. The molecule has 1 aromatic carbocycles. The number of aryl methyl sites for hydroxylation is 1. The van der Waals surface area contributed by atoms with E-state index in [0.717, 1.165) is 5.75 Å². The SMILES string of the molecule is COc1cc(C[S+]2CCCC2)c(C)cc1C[S+]1CCCC1. The van der Waals surface area contributed by atoms with E-state index in [9.17, 15) is 0 Å². The smallest absolute Gasteiger partial charge is 0.136 e. The molecule has 0 saturated carbocycles. The van der Waals surface area contributed by atoms with Crippen LogP contribution < -0.4 is 4.74 Å². The predicted molar refractivity (Wildman–Crippen MR) is 97.8 cm³/mol. The van der Waals surface area contributed by atoms with Crippen molar-refractivity contribution in [3.63, 3.8) is 0 Å². The largest absolute Gasteiger partial charge is 0.496 e. The molecule has 0 bridgehead atoms. The number of methoxy groups -OCH3 is 1. The monoisotopic (exact) mass is 324 g/mol. The first-order valence-corrected chi connectivity index (χ1v) is 11.7. The van der Waals surface area contributed by atoms with Crippen molar-refractivity contribution in [3.8, 4) is 5.75 Å². The van der Waals surface area contributed by atoms with Gasteiger partial charge in [0, 0.05) is 11.1 Å². The quantitative estimate of drug-likeness (QED) is 0.748. The van der Waals surface area contributed by atoms with Crippen LogP contribution in [-0.4, -0.2) is 30.1 Å². The molecular formula is C18H28OS2+2. The number of hydrogen-bond acceptors (Lipinski definition) is 1. The van der Waals surface area contributed by atoms with Crippen molar-refractivity contribution in [2.24, 2.45) is 0 Å². The van der Waals surface area contributed by atoms with Crippen LogP contribution in [0.4, 0.5) is 0 Å². The van der Waals surface area contributed by atoms with Crippen LogP contribution in [0.2, 0.25) is 0 Å². The highest BCUT2D eigenvalue weighted by atomic mass is 32.2. The Morgan fingerprint density at radius 1 is 0.857 bits per heavy atom. The molecule has 1 nitrogen and oxygen atoms in total. The standard InChI is InChI=1S/C18H28OS2/c1-15-11-17(14-21-9-5-6-10-21)18(19-2)12-16(15)13-20-7-3-4-8-20/h11-12H,3-10,13-14H2,1-2H3/q+2. The number of benzene rings is 1. The van der Waals surface area contributed by atoms with Crippen LogP contribution in [0.5, 0.6) is 5.75 Å². The molecule has 0 radical (unpaired) electrons. The summed E-state index contributed by atoms with van der Waals surface area (Å²) < 4.78 is 5.72. The summed E-state index contributed by atoms with van der Waals surface area (Å²) in [7, 11) is 3.09. The minimum atomic E-state index is 0.613. The fourth-order valence-corrected chi connectivity index (χ4v) is 8.26. The molecule has 2 fully saturated rings. The summed E-state index contributed by atoms with van der Waals surface area (Å²) in [6.07, 6.45) is 5.76. The highest BCUT2D eigenvalue weighted by molar-refractivity contribution is 7.96. The van der Waals surface area contributed by atoms with Gasteiger partial charge in [-0.25, -0.2) is 0 Å². The Morgan fingerprint density at radius 3 is 1.90 bits per heavy atom. The molecule has 2 heterocycles. The average molecular weight is 325 g/mol. The van der Waals surface area contributed by atoms with Crippen molar-refractivity contribution < 1.29 is 4.74 Å². The van der Waals surface area contributed by atoms with Crippen LogP contribution in [0.15, 0.2) is 12.1 Å². The zero-order valence-corrected chi connectivity index (χ0v) is 15.1.